The Kier molecular flexibility index (Phi) is 7.14. The number of carbonyl (C=O) groups excluding carboxylic acids is 1. The van der Waals surface area contributed by atoms with Gasteiger partial charge in [0.2, 0.25) is 0 Å². The second-order valence-corrected chi connectivity index (χ2v) is 6.73. The average Bonchev–Trinajstić information content (AvgIpc) is 3.19. The molecule has 0 aliphatic carbocycles. The van der Waals surface area contributed by atoms with Crippen LogP contribution in [0.3, 0.4) is 0 Å². The summed E-state index contributed by atoms with van der Waals surface area (Å²) in [5.41, 5.74) is 1.71. The van der Waals surface area contributed by atoms with Crippen molar-refractivity contribution in [2.24, 2.45) is 12.0 Å². The molecule has 2 aromatic heterocycles. The quantitative estimate of drug-likeness (QED) is 0.436. The fraction of sp³-hybridized carbons (Fsp3) is 0.529. The lowest BCUT2D eigenvalue weighted by Gasteiger charge is -2.16. The van der Waals surface area contributed by atoms with Crippen molar-refractivity contribution in [1.82, 2.24) is 25.4 Å². The summed E-state index contributed by atoms with van der Waals surface area (Å²) in [5, 5.41) is 11.5. The van der Waals surface area contributed by atoms with Gasteiger partial charge in [0.05, 0.1) is 30.6 Å². The number of carbonyl (C=O) groups is 1. The van der Waals surface area contributed by atoms with E-state index in [0.717, 1.165) is 17.2 Å². The molecule has 1 unspecified atom stereocenters. The first-order valence-corrected chi connectivity index (χ1v) is 9.44. The van der Waals surface area contributed by atoms with E-state index in [1.807, 2.05) is 33.9 Å². The van der Waals surface area contributed by atoms with Crippen molar-refractivity contribution in [1.29, 1.82) is 0 Å². The zero-order chi connectivity index (χ0) is 19.1. The van der Waals surface area contributed by atoms with Gasteiger partial charge in [0.1, 0.15) is 9.88 Å². The first kappa shape index (κ1) is 19.9. The largest absolute Gasteiger partial charge is 0.462 e. The SMILES string of the molecule is CCNC(=NCc1ccnn1C)NC(C)c1nc(C)c(C(=O)OCC)s1. The molecule has 26 heavy (non-hydrogen) atoms. The molecule has 0 saturated carbocycles. The molecule has 1 atom stereocenters. The highest BCUT2D eigenvalue weighted by atomic mass is 32.1. The maximum atomic E-state index is 12.0. The van der Waals surface area contributed by atoms with E-state index in [-0.39, 0.29) is 12.0 Å². The molecule has 0 bridgehead atoms. The molecule has 0 aliphatic heterocycles. The molecule has 9 heteroatoms. The molecule has 2 N–H and O–H groups in total. The smallest absolute Gasteiger partial charge is 0.350 e. The number of ether oxygens (including phenoxy) is 1. The van der Waals surface area contributed by atoms with Crippen molar-refractivity contribution in [3.8, 4) is 0 Å². The van der Waals surface area contributed by atoms with Crippen LogP contribution < -0.4 is 10.6 Å². The summed E-state index contributed by atoms with van der Waals surface area (Å²) >= 11 is 1.35. The average molecular weight is 379 g/mol. The van der Waals surface area contributed by atoms with Crippen LogP contribution in [0, 0.1) is 6.92 Å². The van der Waals surface area contributed by atoms with Gasteiger partial charge in [-0.15, -0.1) is 11.3 Å². The summed E-state index contributed by atoms with van der Waals surface area (Å²) in [5.74, 6) is 0.365. The van der Waals surface area contributed by atoms with Crippen LogP contribution in [0.5, 0.6) is 0 Å². The van der Waals surface area contributed by atoms with Gasteiger partial charge in [0, 0.05) is 19.8 Å². The van der Waals surface area contributed by atoms with Crippen LogP contribution in [0.4, 0.5) is 0 Å². The van der Waals surface area contributed by atoms with Crippen molar-refractivity contribution < 1.29 is 9.53 Å². The van der Waals surface area contributed by atoms with Crippen LogP contribution in [-0.4, -0.2) is 39.8 Å². The molecule has 0 amide bonds. The standard InChI is InChI=1S/C17H26N6O2S/c1-6-18-17(19-10-13-8-9-20-23(13)5)22-12(4)15-21-11(3)14(26-15)16(24)25-7-2/h8-9,12H,6-7,10H2,1-5H3,(H2,18,19,22). The minimum atomic E-state index is -0.322. The number of aryl methyl sites for hydroxylation is 2. The van der Waals surface area contributed by atoms with Crippen LogP contribution in [0.1, 0.15) is 52.9 Å². The molecular weight excluding hydrogens is 352 g/mol. The zero-order valence-corrected chi connectivity index (χ0v) is 16.7. The van der Waals surface area contributed by atoms with E-state index in [2.05, 4.69) is 25.7 Å². The number of guanidine groups is 1. The number of hydrogen-bond acceptors (Lipinski definition) is 6. The highest BCUT2D eigenvalue weighted by Gasteiger charge is 2.20. The molecule has 0 fully saturated rings. The number of hydrogen-bond donors (Lipinski definition) is 2. The Balaban J connectivity index is 2.09. The number of esters is 1. The minimum absolute atomic E-state index is 0.0915. The Bertz CT molecular complexity index is 767. The second kappa shape index (κ2) is 9.33. The molecule has 2 heterocycles. The predicted octanol–water partition coefficient (Wildman–Crippen LogP) is 2.18. The summed E-state index contributed by atoms with van der Waals surface area (Å²) in [6.07, 6.45) is 1.75. The number of nitrogens with zero attached hydrogens (tertiary/aromatic N) is 4. The van der Waals surface area contributed by atoms with Gasteiger partial charge < -0.3 is 15.4 Å². The molecule has 2 rings (SSSR count). The third kappa shape index (κ3) is 5.04. The lowest BCUT2D eigenvalue weighted by atomic mass is 10.3. The maximum absolute atomic E-state index is 12.0. The molecule has 8 nitrogen and oxygen atoms in total. The lowest BCUT2D eigenvalue weighted by Crippen LogP contribution is -2.38. The van der Waals surface area contributed by atoms with Crippen LogP contribution in [0.25, 0.3) is 0 Å². The summed E-state index contributed by atoms with van der Waals surface area (Å²) in [7, 11) is 1.89. The predicted molar refractivity (Wildman–Crippen MR) is 102 cm³/mol. The van der Waals surface area contributed by atoms with E-state index in [9.17, 15) is 4.79 Å². The highest BCUT2D eigenvalue weighted by molar-refractivity contribution is 7.13. The number of aromatic nitrogens is 3. The summed E-state index contributed by atoms with van der Waals surface area (Å²) in [4.78, 5) is 21.6. The zero-order valence-electron chi connectivity index (χ0n) is 15.9. The first-order valence-electron chi connectivity index (χ1n) is 8.62. The number of nitrogens with one attached hydrogen (secondary N) is 2. The van der Waals surface area contributed by atoms with Gasteiger partial charge in [-0.25, -0.2) is 14.8 Å². The third-order valence-corrected chi connectivity index (χ3v) is 4.98. The van der Waals surface area contributed by atoms with Crippen molar-refractivity contribution in [3.63, 3.8) is 0 Å². The van der Waals surface area contributed by atoms with Gasteiger partial charge in [-0.1, -0.05) is 0 Å². The Morgan fingerprint density at radius 1 is 1.46 bits per heavy atom. The Hall–Kier alpha value is -2.42. The van der Waals surface area contributed by atoms with Gasteiger partial charge in [0.15, 0.2) is 5.96 Å². The fourth-order valence-electron chi connectivity index (χ4n) is 2.29. The van der Waals surface area contributed by atoms with E-state index in [0.29, 0.717) is 29.7 Å². The van der Waals surface area contributed by atoms with Crippen molar-refractivity contribution in [2.45, 2.75) is 40.3 Å². The van der Waals surface area contributed by atoms with Crippen LogP contribution >= 0.6 is 11.3 Å². The Morgan fingerprint density at radius 3 is 2.85 bits per heavy atom. The molecule has 0 saturated heterocycles. The van der Waals surface area contributed by atoms with Crippen molar-refractivity contribution in [3.05, 3.63) is 33.5 Å². The van der Waals surface area contributed by atoms with Gasteiger partial charge >= 0.3 is 5.97 Å². The van der Waals surface area contributed by atoms with Crippen LogP contribution in [0.15, 0.2) is 17.3 Å². The van der Waals surface area contributed by atoms with Gasteiger partial charge in [-0.2, -0.15) is 5.10 Å². The van der Waals surface area contributed by atoms with E-state index in [1.54, 1.807) is 17.8 Å². The fourth-order valence-corrected chi connectivity index (χ4v) is 3.25. The molecule has 0 aromatic carbocycles. The topological polar surface area (TPSA) is 93.4 Å². The van der Waals surface area contributed by atoms with E-state index < -0.39 is 0 Å². The van der Waals surface area contributed by atoms with Gasteiger partial charge in [-0.05, 0) is 33.8 Å². The van der Waals surface area contributed by atoms with E-state index in [1.165, 1.54) is 11.3 Å². The number of aliphatic imine (C=N–C) groups is 1. The lowest BCUT2D eigenvalue weighted by molar-refractivity contribution is 0.0531. The maximum Gasteiger partial charge on any atom is 0.350 e. The van der Waals surface area contributed by atoms with E-state index in [4.69, 9.17) is 4.74 Å². The van der Waals surface area contributed by atoms with Crippen molar-refractivity contribution in [2.75, 3.05) is 13.2 Å². The van der Waals surface area contributed by atoms with Crippen molar-refractivity contribution >= 4 is 23.3 Å². The monoisotopic (exact) mass is 378 g/mol. The van der Waals surface area contributed by atoms with Gasteiger partial charge in [-0.3, -0.25) is 4.68 Å². The molecule has 0 aliphatic rings. The summed E-state index contributed by atoms with van der Waals surface area (Å²) in [6.45, 7) is 9.23. The minimum Gasteiger partial charge on any atom is -0.462 e. The Labute approximate surface area is 157 Å². The van der Waals surface area contributed by atoms with Gasteiger partial charge in [0.25, 0.3) is 0 Å². The number of thiazole rings is 1. The molecule has 142 valence electrons. The highest BCUT2D eigenvalue weighted by Crippen LogP contribution is 2.24. The second-order valence-electron chi connectivity index (χ2n) is 5.69. The molecule has 0 radical (unpaired) electrons. The molecule has 0 spiro atoms. The molecule has 2 aromatic rings. The first-order chi connectivity index (χ1) is 12.5. The summed E-state index contributed by atoms with van der Waals surface area (Å²) in [6, 6.07) is 1.85. The van der Waals surface area contributed by atoms with E-state index >= 15 is 0 Å². The van der Waals surface area contributed by atoms with Crippen LogP contribution in [0.2, 0.25) is 0 Å². The third-order valence-electron chi connectivity index (χ3n) is 3.66. The Morgan fingerprint density at radius 2 is 2.23 bits per heavy atom. The van der Waals surface area contributed by atoms with Crippen LogP contribution in [-0.2, 0) is 18.3 Å². The summed E-state index contributed by atoms with van der Waals surface area (Å²) < 4.78 is 6.88. The molecular formula is C17H26N6O2S. The normalized spacial score (nSPS) is 12.7. The number of rotatable bonds is 7.